The molecule has 32 heavy (non-hydrogen) atoms. The van der Waals surface area contributed by atoms with E-state index in [2.05, 4.69) is 12.1 Å². The number of aromatic nitrogens is 2. The standard InChI is InChI=1S/C23H22N6O2S/c24-11-16-4-1-2-5-18(16)13-28-21(27-8-3-6-19(26)14-27)10-22(30)29(23(28)31)15-20-17(12-25)7-9-32-20/h1-2,4-5,7,9-10,19H,3,6,8,13-15,26H2/t19-/m1/s1. The van der Waals surface area contributed by atoms with Crippen LogP contribution in [0.1, 0.15) is 34.4 Å². The predicted octanol–water partition coefficient (Wildman–Crippen LogP) is 1.84. The van der Waals surface area contributed by atoms with Crippen molar-refractivity contribution in [3.63, 3.8) is 0 Å². The largest absolute Gasteiger partial charge is 0.356 e. The molecule has 2 N–H and O–H groups in total. The zero-order chi connectivity index (χ0) is 22.7. The summed E-state index contributed by atoms with van der Waals surface area (Å²) in [4.78, 5) is 29.2. The molecule has 0 spiro atoms. The fourth-order valence-electron chi connectivity index (χ4n) is 4.02. The van der Waals surface area contributed by atoms with E-state index in [9.17, 15) is 20.1 Å². The Morgan fingerprint density at radius 1 is 1.06 bits per heavy atom. The van der Waals surface area contributed by atoms with E-state index in [1.54, 1.807) is 29.6 Å². The van der Waals surface area contributed by atoms with Crippen molar-refractivity contribution >= 4 is 17.2 Å². The van der Waals surface area contributed by atoms with Crippen molar-refractivity contribution in [2.45, 2.75) is 32.0 Å². The summed E-state index contributed by atoms with van der Waals surface area (Å²) in [5.74, 6) is 0.505. The fourth-order valence-corrected chi connectivity index (χ4v) is 4.84. The number of nitrogens with two attached hydrogens (primary N) is 1. The van der Waals surface area contributed by atoms with Crippen LogP contribution in [0.15, 0.2) is 51.4 Å². The summed E-state index contributed by atoms with van der Waals surface area (Å²) >= 11 is 1.33. The summed E-state index contributed by atoms with van der Waals surface area (Å²) in [6.45, 7) is 1.42. The third-order valence-electron chi connectivity index (χ3n) is 5.67. The van der Waals surface area contributed by atoms with Gasteiger partial charge in [0.2, 0.25) is 0 Å². The first-order valence-electron chi connectivity index (χ1n) is 10.3. The van der Waals surface area contributed by atoms with Crippen molar-refractivity contribution in [1.29, 1.82) is 10.5 Å². The van der Waals surface area contributed by atoms with Crippen molar-refractivity contribution < 1.29 is 0 Å². The number of nitriles is 2. The number of hydrogen-bond acceptors (Lipinski definition) is 7. The number of thiophene rings is 1. The summed E-state index contributed by atoms with van der Waals surface area (Å²) in [7, 11) is 0. The second kappa shape index (κ2) is 9.23. The highest BCUT2D eigenvalue weighted by Gasteiger charge is 2.23. The van der Waals surface area contributed by atoms with Gasteiger partial charge in [0.1, 0.15) is 11.9 Å². The molecule has 1 atom stereocenters. The molecule has 0 saturated carbocycles. The van der Waals surface area contributed by atoms with E-state index in [1.165, 1.54) is 22.0 Å². The summed E-state index contributed by atoms with van der Waals surface area (Å²) in [5.41, 5.74) is 6.88. The molecule has 8 nitrogen and oxygen atoms in total. The molecule has 0 amide bonds. The summed E-state index contributed by atoms with van der Waals surface area (Å²) in [5, 5.41) is 20.6. The van der Waals surface area contributed by atoms with Crippen LogP contribution in [0.4, 0.5) is 5.82 Å². The van der Waals surface area contributed by atoms with Crippen molar-refractivity contribution in [3.05, 3.63) is 84.2 Å². The Labute approximate surface area is 189 Å². The predicted molar refractivity (Wildman–Crippen MR) is 123 cm³/mol. The van der Waals surface area contributed by atoms with Gasteiger partial charge in [-0.05, 0) is 35.9 Å². The van der Waals surface area contributed by atoms with Gasteiger partial charge >= 0.3 is 5.69 Å². The van der Waals surface area contributed by atoms with Crippen LogP contribution in [0.2, 0.25) is 0 Å². The van der Waals surface area contributed by atoms with Crippen LogP contribution < -0.4 is 21.9 Å². The summed E-state index contributed by atoms with van der Waals surface area (Å²) < 4.78 is 2.68. The minimum absolute atomic E-state index is 0.0257. The molecule has 3 heterocycles. The van der Waals surface area contributed by atoms with Gasteiger partial charge in [0, 0.05) is 30.1 Å². The molecule has 1 fully saturated rings. The average molecular weight is 447 g/mol. The Kier molecular flexibility index (Phi) is 6.22. The fraction of sp³-hybridized carbons (Fsp3) is 0.304. The maximum atomic E-state index is 13.6. The molecule has 162 valence electrons. The number of piperidine rings is 1. The number of benzene rings is 1. The van der Waals surface area contributed by atoms with Gasteiger partial charge in [-0.1, -0.05) is 18.2 Å². The highest BCUT2D eigenvalue weighted by Crippen LogP contribution is 2.20. The molecular formula is C23H22N6O2S. The molecular weight excluding hydrogens is 424 g/mol. The van der Waals surface area contributed by atoms with Gasteiger partial charge in [0.05, 0.1) is 30.3 Å². The molecule has 0 unspecified atom stereocenters. The molecule has 0 aliphatic carbocycles. The topological polar surface area (TPSA) is 121 Å². The maximum Gasteiger partial charge on any atom is 0.333 e. The van der Waals surface area contributed by atoms with Gasteiger partial charge in [-0.2, -0.15) is 10.5 Å². The molecule has 4 rings (SSSR count). The molecule has 1 aliphatic heterocycles. The van der Waals surface area contributed by atoms with E-state index in [0.717, 1.165) is 17.4 Å². The van der Waals surface area contributed by atoms with E-state index in [0.29, 0.717) is 40.5 Å². The Balaban J connectivity index is 1.85. The number of anilines is 1. The van der Waals surface area contributed by atoms with Crippen molar-refractivity contribution in [3.8, 4) is 12.1 Å². The highest BCUT2D eigenvalue weighted by molar-refractivity contribution is 7.10. The van der Waals surface area contributed by atoms with E-state index >= 15 is 0 Å². The lowest BCUT2D eigenvalue weighted by molar-refractivity contribution is 0.490. The Hall–Kier alpha value is -3.66. The van der Waals surface area contributed by atoms with E-state index < -0.39 is 11.2 Å². The number of nitrogens with zero attached hydrogens (tertiary/aromatic N) is 5. The van der Waals surface area contributed by atoms with Crippen molar-refractivity contribution in [2.75, 3.05) is 18.0 Å². The van der Waals surface area contributed by atoms with E-state index in [4.69, 9.17) is 5.73 Å². The minimum atomic E-state index is -0.475. The zero-order valence-corrected chi connectivity index (χ0v) is 18.2. The Morgan fingerprint density at radius 2 is 1.84 bits per heavy atom. The monoisotopic (exact) mass is 446 g/mol. The number of hydrogen-bond donors (Lipinski definition) is 1. The van der Waals surface area contributed by atoms with Crippen molar-refractivity contribution in [2.24, 2.45) is 5.73 Å². The molecule has 1 aliphatic rings. The van der Waals surface area contributed by atoms with Crippen LogP contribution in [0.5, 0.6) is 0 Å². The first kappa shape index (κ1) is 21.6. The molecule has 1 aromatic carbocycles. The second-order valence-electron chi connectivity index (χ2n) is 7.78. The van der Waals surface area contributed by atoms with Gasteiger partial charge in [-0.25, -0.2) is 4.79 Å². The molecule has 3 aromatic rings. The van der Waals surface area contributed by atoms with E-state index in [-0.39, 0.29) is 19.1 Å². The Morgan fingerprint density at radius 3 is 2.59 bits per heavy atom. The van der Waals surface area contributed by atoms with Crippen LogP contribution in [0, 0.1) is 22.7 Å². The van der Waals surface area contributed by atoms with Gasteiger partial charge in [0.15, 0.2) is 0 Å². The van der Waals surface area contributed by atoms with Crippen molar-refractivity contribution in [1.82, 2.24) is 9.13 Å². The molecule has 9 heteroatoms. The van der Waals surface area contributed by atoms with Crippen LogP contribution in [-0.4, -0.2) is 28.3 Å². The SMILES string of the molecule is N#Cc1ccccc1Cn1c(N2CCC[C@@H](N)C2)cc(=O)n(Cc2sccc2C#N)c1=O. The third-order valence-corrected chi connectivity index (χ3v) is 6.58. The summed E-state index contributed by atoms with van der Waals surface area (Å²) in [6.07, 6.45) is 1.76. The smallest absolute Gasteiger partial charge is 0.333 e. The minimum Gasteiger partial charge on any atom is -0.356 e. The Bertz CT molecular complexity index is 1340. The lowest BCUT2D eigenvalue weighted by Gasteiger charge is -2.34. The van der Waals surface area contributed by atoms with Crippen LogP contribution >= 0.6 is 11.3 Å². The molecule has 0 radical (unpaired) electrons. The number of rotatable bonds is 5. The lowest BCUT2D eigenvalue weighted by Crippen LogP contribution is -2.48. The van der Waals surface area contributed by atoms with Gasteiger partial charge in [-0.15, -0.1) is 11.3 Å². The lowest BCUT2D eigenvalue weighted by atomic mass is 10.1. The van der Waals surface area contributed by atoms with E-state index in [1.807, 2.05) is 11.0 Å². The third kappa shape index (κ3) is 4.22. The van der Waals surface area contributed by atoms with Crippen LogP contribution in [0.3, 0.4) is 0 Å². The first-order chi connectivity index (χ1) is 15.5. The summed E-state index contributed by atoms with van der Waals surface area (Å²) in [6, 6.07) is 14.5. The molecule has 0 bridgehead atoms. The molecule has 1 saturated heterocycles. The van der Waals surface area contributed by atoms with Gasteiger partial charge < -0.3 is 10.6 Å². The highest BCUT2D eigenvalue weighted by atomic mass is 32.1. The second-order valence-corrected chi connectivity index (χ2v) is 8.78. The van der Waals surface area contributed by atoms with Crippen LogP contribution in [-0.2, 0) is 13.1 Å². The van der Waals surface area contributed by atoms with Gasteiger partial charge in [0.25, 0.3) is 5.56 Å². The quantitative estimate of drug-likeness (QED) is 0.638. The maximum absolute atomic E-state index is 13.6. The average Bonchev–Trinajstić information content (AvgIpc) is 3.26. The first-order valence-corrected chi connectivity index (χ1v) is 11.2. The van der Waals surface area contributed by atoms with Gasteiger partial charge in [-0.3, -0.25) is 13.9 Å². The zero-order valence-electron chi connectivity index (χ0n) is 17.4. The van der Waals surface area contributed by atoms with Crippen LogP contribution in [0.25, 0.3) is 0 Å². The molecule has 2 aromatic heterocycles. The normalized spacial score (nSPS) is 15.8.